The van der Waals surface area contributed by atoms with Gasteiger partial charge in [-0.15, -0.1) is 11.3 Å². The van der Waals surface area contributed by atoms with Crippen LogP contribution in [-0.2, 0) is 24.3 Å². The van der Waals surface area contributed by atoms with Gasteiger partial charge in [-0.05, 0) is 29.8 Å². The van der Waals surface area contributed by atoms with Crippen LogP contribution in [0.25, 0.3) is 10.4 Å². The number of sulfonamides is 1. The van der Waals surface area contributed by atoms with E-state index in [0.29, 0.717) is 10.4 Å². The number of halogens is 1. The molecular weight excluding hydrogens is 479 g/mol. The van der Waals surface area contributed by atoms with E-state index in [-0.39, 0.29) is 23.8 Å². The van der Waals surface area contributed by atoms with Crippen molar-refractivity contribution in [2.45, 2.75) is 10.3 Å². The number of nitrogens with one attached hydrogen (secondary N) is 2. The zero-order valence-corrected chi connectivity index (χ0v) is 19.0. The molecular formula is C19H21FN4O7S2. The number of hydroxylamine groups is 1. The highest BCUT2D eigenvalue weighted by Crippen LogP contribution is 2.33. The van der Waals surface area contributed by atoms with Gasteiger partial charge in [0.2, 0.25) is 0 Å². The summed E-state index contributed by atoms with van der Waals surface area (Å²) in [5.74, 6) is -2.11. The zero-order chi connectivity index (χ0) is 24.2. The third-order valence-electron chi connectivity index (χ3n) is 4.92. The van der Waals surface area contributed by atoms with Crippen LogP contribution in [0.3, 0.4) is 0 Å². The van der Waals surface area contributed by atoms with Crippen LogP contribution in [0.4, 0.5) is 9.18 Å². The fourth-order valence-corrected chi connectivity index (χ4v) is 6.21. The first-order chi connectivity index (χ1) is 15.7. The molecule has 1 fully saturated rings. The highest BCUT2D eigenvalue weighted by atomic mass is 32.2. The van der Waals surface area contributed by atoms with Crippen LogP contribution in [0.15, 0.2) is 40.6 Å². The Bertz CT molecular complexity index is 1140. The lowest BCUT2D eigenvalue weighted by atomic mass is 10.2. The number of amides is 3. The number of hydrogen-bond donors (Lipinski definition) is 3. The number of methoxy groups -OCH3 is 1. The molecule has 3 rings (SSSR count). The SMILES string of the molecule is COC(=O)CNC(=O)N1CCN(S(=O)(=O)c2ccc(-c3ccc(F)cc3)s2)[C@@H](C(=O)NO)C1. The lowest BCUT2D eigenvalue weighted by Gasteiger charge is -2.38. The van der Waals surface area contributed by atoms with Gasteiger partial charge in [0.05, 0.1) is 7.11 Å². The summed E-state index contributed by atoms with van der Waals surface area (Å²) in [7, 11) is -3.01. The number of rotatable bonds is 6. The molecule has 1 saturated heterocycles. The number of urea groups is 1. The Kier molecular flexibility index (Phi) is 7.63. The molecule has 0 bridgehead atoms. The van der Waals surface area contributed by atoms with E-state index in [9.17, 15) is 27.2 Å². The largest absolute Gasteiger partial charge is 0.468 e. The van der Waals surface area contributed by atoms with E-state index in [1.807, 2.05) is 0 Å². The first-order valence-corrected chi connectivity index (χ1v) is 11.8. The molecule has 0 radical (unpaired) electrons. The quantitative estimate of drug-likeness (QED) is 0.299. The summed E-state index contributed by atoms with van der Waals surface area (Å²) in [6.45, 7) is -1.03. The first kappa shape index (κ1) is 24.6. The molecule has 3 amide bonds. The van der Waals surface area contributed by atoms with Gasteiger partial charge in [-0.2, -0.15) is 4.31 Å². The van der Waals surface area contributed by atoms with Crippen molar-refractivity contribution in [1.82, 2.24) is 20.0 Å². The number of esters is 1. The molecule has 1 aromatic carbocycles. The van der Waals surface area contributed by atoms with E-state index in [4.69, 9.17) is 5.21 Å². The number of carbonyl (C=O) groups is 3. The average Bonchev–Trinajstić information content (AvgIpc) is 3.33. The predicted octanol–water partition coefficient (Wildman–Crippen LogP) is 0.617. The summed E-state index contributed by atoms with van der Waals surface area (Å²) in [6, 6.07) is 6.41. The van der Waals surface area contributed by atoms with E-state index in [1.165, 1.54) is 35.8 Å². The van der Waals surface area contributed by atoms with Gasteiger partial charge in [-0.25, -0.2) is 23.1 Å². The number of benzene rings is 1. The number of piperazine rings is 1. The highest BCUT2D eigenvalue weighted by molar-refractivity contribution is 7.91. The third-order valence-corrected chi connectivity index (χ3v) is 8.43. The molecule has 0 spiro atoms. The van der Waals surface area contributed by atoms with Crippen molar-refractivity contribution >= 4 is 39.3 Å². The van der Waals surface area contributed by atoms with Crippen LogP contribution in [0.1, 0.15) is 0 Å². The molecule has 178 valence electrons. The van der Waals surface area contributed by atoms with E-state index in [0.717, 1.165) is 27.7 Å². The van der Waals surface area contributed by atoms with Crippen LogP contribution < -0.4 is 10.8 Å². The van der Waals surface area contributed by atoms with Gasteiger partial charge >= 0.3 is 12.0 Å². The van der Waals surface area contributed by atoms with E-state index >= 15 is 0 Å². The number of nitrogens with zero attached hydrogens (tertiary/aromatic N) is 2. The Labute approximate surface area is 192 Å². The Morgan fingerprint density at radius 2 is 1.88 bits per heavy atom. The normalized spacial score (nSPS) is 16.8. The molecule has 0 unspecified atom stereocenters. The van der Waals surface area contributed by atoms with E-state index in [1.54, 1.807) is 6.07 Å². The Balaban J connectivity index is 1.80. The maximum atomic E-state index is 13.3. The molecule has 1 aliphatic heterocycles. The zero-order valence-electron chi connectivity index (χ0n) is 17.4. The van der Waals surface area contributed by atoms with Gasteiger partial charge < -0.3 is 15.0 Å². The molecule has 2 aromatic rings. The fraction of sp³-hybridized carbons (Fsp3) is 0.316. The molecule has 0 saturated carbocycles. The Morgan fingerprint density at radius 3 is 2.52 bits per heavy atom. The van der Waals surface area contributed by atoms with Crippen molar-refractivity contribution < 1.29 is 37.1 Å². The monoisotopic (exact) mass is 500 g/mol. The average molecular weight is 501 g/mol. The minimum absolute atomic E-state index is 0.0545. The highest BCUT2D eigenvalue weighted by Gasteiger charge is 2.42. The minimum atomic E-state index is -4.17. The summed E-state index contributed by atoms with van der Waals surface area (Å²) >= 11 is 0.944. The van der Waals surface area contributed by atoms with E-state index < -0.39 is 46.3 Å². The van der Waals surface area contributed by atoms with Crippen molar-refractivity contribution in [2.24, 2.45) is 0 Å². The van der Waals surface area contributed by atoms with Crippen molar-refractivity contribution in [2.75, 3.05) is 33.3 Å². The summed E-state index contributed by atoms with van der Waals surface area (Å²) < 4.78 is 45.0. The number of thiophene rings is 1. The smallest absolute Gasteiger partial charge is 0.325 e. The Hall–Kier alpha value is -3.07. The van der Waals surface area contributed by atoms with E-state index in [2.05, 4.69) is 10.1 Å². The van der Waals surface area contributed by atoms with Crippen molar-refractivity contribution in [3.8, 4) is 10.4 Å². The van der Waals surface area contributed by atoms with Gasteiger partial charge in [0.1, 0.15) is 22.6 Å². The molecule has 14 heteroatoms. The second-order valence-corrected chi connectivity index (χ2v) is 10.1. The molecule has 33 heavy (non-hydrogen) atoms. The minimum Gasteiger partial charge on any atom is -0.468 e. The first-order valence-electron chi connectivity index (χ1n) is 9.58. The third kappa shape index (κ3) is 5.47. The summed E-state index contributed by atoms with van der Waals surface area (Å²) in [4.78, 5) is 37.5. The molecule has 3 N–H and O–H groups in total. The number of ether oxygens (including phenoxy) is 1. The maximum Gasteiger partial charge on any atom is 0.325 e. The standard InChI is InChI=1S/C19H21FN4O7S2/c1-31-16(25)10-21-19(27)23-8-9-24(14(11-23)18(26)22-28)33(29,30)17-7-6-15(32-17)12-2-4-13(20)5-3-12/h2-7,14,28H,8-11H2,1H3,(H,21,27)(H,22,26)/t14-/m1/s1. The van der Waals surface area contributed by atoms with Crippen LogP contribution in [0, 0.1) is 5.82 Å². The van der Waals surface area contributed by atoms with Crippen molar-refractivity contribution in [3.05, 3.63) is 42.2 Å². The van der Waals surface area contributed by atoms with Gasteiger partial charge in [-0.3, -0.25) is 14.8 Å². The lowest BCUT2D eigenvalue weighted by Crippen LogP contribution is -2.62. The van der Waals surface area contributed by atoms with Gasteiger partial charge in [0, 0.05) is 24.5 Å². The van der Waals surface area contributed by atoms with Crippen LogP contribution in [0.2, 0.25) is 0 Å². The van der Waals surface area contributed by atoms with Crippen molar-refractivity contribution in [1.29, 1.82) is 0 Å². The number of hydrogen-bond acceptors (Lipinski definition) is 8. The molecule has 2 heterocycles. The second-order valence-electron chi connectivity index (χ2n) is 6.91. The maximum absolute atomic E-state index is 13.3. The number of carbonyl (C=O) groups excluding carboxylic acids is 3. The second kappa shape index (κ2) is 10.2. The van der Waals surface area contributed by atoms with Gasteiger partial charge in [0.25, 0.3) is 15.9 Å². The van der Waals surface area contributed by atoms with Gasteiger partial charge in [-0.1, -0.05) is 12.1 Å². The summed E-state index contributed by atoms with van der Waals surface area (Å²) in [6.07, 6.45) is 0. The van der Waals surface area contributed by atoms with Crippen LogP contribution in [-0.4, -0.2) is 80.1 Å². The Morgan fingerprint density at radius 1 is 1.18 bits per heavy atom. The molecule has 11 nitrogen and oxygen atoms in total. The topological polar surface area (TPSA) is 145 Å². The molecule has 1 aliphatic rings. The predicted molar refractivity (Wildman–Crippen MR) is 114 cm³/mol. The summed E-state index contributed by atoms with van der Waals surface area (Å²) in [5, 5.41) is 11.4. The van der Waals surface area contributed by atoms with Gasteiger partial charge in [0.15, 0.2) is 0 Å². The molecule has 0 aliphatic carbocycles. The van der Waals surface area contributed by atoms with Crippen LogP contribution >= 0.6 is 11.3 Å². The fourth-order valence-electron chi connectivity index (χ4n) is 3.20. The lowest BCUT2D eigenvalue weighted by molar-refractivity contribution is -0.139. The molecule has 1 aromatic heterocycles. The molecule has 1 atom stereocenters. The summed E-state index contributed by atoms with van der Waals surface area (Å²) in [5.41, 5.74) is 2.06. The van der Waals surface area contributed by atoms with Crippen LogP contribution in [0.5, 0.6) is 0 Å². The van der Waals surface area contributed by atoms with Crippen molar-refractivity contribution in [3.63, 3.8) is 0 Å².